The van der Waals surface area contributed by atoms with Crippen molar-refractivity contribution in [1.29, 1.82) is 0 Å². The third-order valence-corrected chi connectivity index (χ3v) is 4.45. The second-order valence-corrected chi connectivity index (χ2v) is 6.63. The Balaban J connectivity index is 1.60. The molecule has 2 heterocycles. The van der Waals surface area contributed by atoms with Crippen molar-refractivity contribution >= 4 is 5.91 Å². The Kier molecular flexibility index (Phi) is 4.45. The van der Waals surface area contributed by atoms with Crippen LogP contribution in [0.1, 0.15) is 60.8 Å². The molecule has 2 aromatic heterocycles. The fourth-order valence-electron chi connectivity index (χ4n) is 3.11. The van der Waals surface area contributed by atoms with Crippen LogP contribution in [-0.2, 0) is 19.3 Å². The van der Waals surface area contributed by atoms with Gasteiger partial charge in [0.15, 0.2) is 5.69 Å². The first-order valence-electron chi connectivity index (χ1n) is 8.29. The summed E-state index contributed by atoms with van der Waals surface area (Å²) in [4.78, 5) is 12.4. The van der Waals surface area contributed by atoms with Crippen molar-refractivity contribution in [2.75, 3.05) is 6.54 Å². The first-order valence-corrected chi connectivity index (χ1v) is 8.29. The zero-order chi connectivity index (χ0) is 16.4. The number of amides is 1. The highest BCUT2D eigenvalue weighted by Gasteiger charge is 2.24. The number of rotatable bonds is 5. The molecular weight excluding hydrogens is 292 g/mol. The topological polar surface area (TPSA) is 88.5 Å². The molecule has 0 aromatic carbocycles. The predicted octanol–water partition coefficient (Wildman–Crippen LogP) is 1.68. The molecule has 3 rings (SSSR count). The molecule has 0 radical (unpaired) electrons. The summed E-state index contributed by atoms with van der Waals surface area (Å²) < 4.78 is 2.02. The van der Waals surface area contributed by atoms with Crippen LogP contribution in [0.5, 0.6) is 0 Å². The van der Waals surface area contributed by atoms with Gasteiger partial charge in [0.25, 0.3) is 5.91 Å². The van der Waals surface area contributed by atoms with Gasteiger partial charge in [-0.25, -0.2) is 0 Å². The SMILES string of the molecule is CC1CCc2[nH]nc(C(=O)NCCc3nncn3C(C)C)c2C1. The van der Waals surface area contributed by atoms with E-state index in [2.05, 4.69) is 46.5 Å². The fourth-order valence-corrected chi connectivity index (χ4v) is 3.11. The molecule has 1 unspecified atom stereocenters. The number of H-pyrrole nitrogens is 1. The highest BCUT2D eigenvalue weighted by atomic mass is 16.1. The highest BCUT2D eigenvalue weighted by molar-refractivity contribution is 5.94. The number of aromatic nitrogens is 5. The number of carbonyl (C=O) groups is 1. The van der Waals surface area contributed by atoms with E-state index < -0.39 is 0 Å². The van der Waals surface area contributed by atoms with Crippen molar-refractivity contribution in [3.05, 3.63) is 29.1 Å². The zero-order valence-corrected chi connectivity index (χ0v) is 14.0. The lowest BCUT2D eigenvalue weighted by atomic mass is 9.87. The smallest absolute Gasteiger partial charge is 0.272 e. The molecule has 0 bridgehead atoms. The maximum atomic E-state index is 12.4. The van der Waals surface area contributed by atoms with E-state index in [0.717, 1.165) is 36.3 Å². The third kappa shape index (κ3) is 3.28. The molecule has 0 aliphatic heterocycles. The summed E-state index contributed by atoms with van der Waals surface area (Å²) in [7, 11) is 0. The third-order valence-electron chi connectivity index (χ3n) is 4.45. The lowest BCUT2D eigenvalue weighted by molar-refractivity contribution is 0.0947. The van der Waals surface area contributed by atoms with Crippen molar-refractivity contribution in [2.24, 2.45) is 5.92 Å². The minimum absolute atomic E-state index is 0.104. The minimum Gasteiger partial charge on any atom is -0.350 e. The van der Waals surface area contributed by atoms with Gasteiger partial charge in [-0.3, -0.25) is 9.89 Å². The molecule has 1 amide bonds. The van der Waals surface area contributed by atoms with E-state index in [-0.39, 0.29) is 5.91 Å². The molecule has 23 heavy (non-hydrogen) atoms. The number of nitrogens with one attached hydrogen (secondary N) is 2. The summed E-state index contributed by atoms with van der Waals surface area (Å²) in [6, 6.07) is 0.315. The van der Waals surface area contributed by atoms with Crippen molar-refractivity contribution in [3.63, 3.8) is 0 Å². The van der Waals surface area contributed by atoms with Crippen molar-refractivity contribution in [1.82, 2.24) is 30.3 Å². The van der Waals surface area contributed by atoms with E-state index in [1.165, 1.54) is 0 Å². The van der Waals surface area contributed by atoms with E-state index in [0.29, 0.717) is 30.6 Å². The Hall–Kier alpha value is -2.18. The van der Waals surface area contributed by atoms with Crippen LogP contribution in [-0.4, -0.2) is 37.4 Å². The van der Waals surface area contributed by atoms with Gasteiger partial charge in [0, 0.05) is 30.3 Å². The van der Waals surface area contributed by atoms with Gasteiger partial charge in [-0.1, -0.05) is 6.92 Å². The summed E-state index contributed by atoms with van der Waals surface area (Å²) >= 11 is 0. The number of hydrogen-bond donors (Lipinski definition) is 2. The summed E-state index contributed by atoms with van der Waals surface area (Å²) in [5.41, 5.74) is 2.76. The Morgan fingerprint density at radius 3 is 3.13 bits per heavy atom. The van der Waals surface area contributed by atoms with Crippen LogP contribution in [0.25, 0.3) is 0 Å². The molecular formula is C16H24N6O. The van der Waals surface area contributed by atoms with Gasteiger partial charge in [0.1, 0.15) is 12.2 Å². The number of carbonyl (C=O) groups excluding carboxylic acids is 1. The summed E-state index contributed by atoms with van der Waals surface area (Å²) in [6.07, 6.45) is 5.45. The average molecular weight is 316 g/mol. The first-order chi connectivity index (χ1) is 11.1. The summed E-state index contributed by atoms with van der Waals surface area (Å²) in [5, 5.41) is 18.3. The van der Waals surface area contributed by atoms with Gasteiger partial charge in [-0.15, -0.1) is 10.2 Å². The maximum Gasteiger partial charge on any atom is 0.272 e. The van der Waals surface area contributed by atoms with Crippen LogP contribution >= 0.6 is 0 Å². The monoisotopic (exact) mass is 316 g/mol. The van der Waals surface area contributed by atoms with Crippen LogP contribution in [0.4, 0.5) is 0 Å². The quantitative estimate of drug-likeness (QED) is 0.878. The average Bonchev–Trinajstić information content (AvgIpc) is 3.13. The normalized spacial score (nSPS) is 17.3. The molecule has 7 heteroatoms. The second kappa shape index (κ2) is 6.52. The number of aryl methyl sites for hydroxylation is 1. The lowest BCUT2D eigenvalue weighted by Gasteiger charge is -2.18. The fraction of sp³-hybridized carbons (Fsp3) is 0.625. The van der Waals surface area contributed by atoms with Gasteiger partial charge in [-0.2, -0.15) is 5.10 Å². The van der Waals surface area contributed by atoms with Crippen LogP contribution in [0, 0.1) is 5.92 Å². The zero-order valence-electron chi connectivity index (χ0n) is 14.0. The van der Waals surface area contributed by atoms with E-state index >= 15 is 0 Å². The predicted molar refractivity (Wildman–Crippen MR) is 86.2 cm³/mol. The molecule has 0 saturated heterocycles. The molecule has 1 aliphatic carbocycles. The molecule has 7 nitrogen and oxygen atoms in total. The first kappa shape index (κ1) is 15.7. The molecule has 0 fully saturated rings. The standard InChI is InChI=1S/C16H24N6O/c1-10(2)22-9-18-20-14(22)6-7-17-16(23)15-12-8-11(3)4-5-13(12)19-21-15/h9-11H,4-8H2,1-3H3,(H,17,23)(H,19,21). The molecule has 1 aliphatic rings. The molecule has 0 spiro atoms. The summed E-state index contributed by atoms with van der Waals surface area (Å²) in [6.45, 7) is 6.92. The van der Waals surface area contributed by atoms with Crippen LogP contribution in [0.3, 0.4) is 0 Å². The Morgan fingerprint density at radius 2 is 2.35 bits per heavy atom. The molecule has 2 N–H and O–H groups in total. The maximum absolute atomic E-state index is 12.4. The van der Waals surface area contributed by atoms with Crippen LogP contribution in [0.15, 0.2) is 6.33 Å². The Morgan fingerprint density at radius 1 is 1.52 bits per heavy atom. The number of nitrogens with zero attached hydrogens (tertiary/aromatic N) is 4. The van der Waals surface area contributed by atoms with Gasteiger partial charge in [-0.05, 0) is 39.0 Å². The summed E-state index contributed by atoms with van der Waals surface area (Å²) in [5.74, 6) is 1.39. The van der Waals surface area contributed by atoms with Gasteiger partial charge in [0.05, 0.1) is 0 Å². The Labute approximate surface area is 135 Å². The largest absolute Gasteiger partial charge is 0.350 e. The van der Waals surface area contributed by atoms with Gasteiger partial charge in [0.2, 0.25) is 0 Å². The van der Waals surface area contributed by atoms with E-state index in [1.54, 1.807) is 6.33 Å². The van der Waals surface area contributed by atoms with Crippen LogP contribution in [0.2, 0.25) is 0 Å². The van der Waals surface area contributed by atoms with Gasteiger partial charge < -0.3 is 9.88 Å². The minimum atomic E-state index is -0.104. The lowest BCUT2D eigenvalue weighted by Crippen LogP contribution is -2.28. The number of fused-ring (bicyclic) bond motifs is 1. The van der Waals surface area contributed by atoms with Crippen molar-refractivity contribution < 1.29 is 4.79 Å². The molecule has 0 saturated carbocycles. The number of hydrogen-bond acceptors (Lipinski definition) is 4. The van der Waals surface area contributed by atoms with Crippen LogP contribution < -0.4 is 5.32 Å². The second-order valence-electron chi connectivity index (χ2n) is 6.63. The highest BCUT2D eigenvalue weighted by Crippen LogP contribution is 2.26. The number of aromatic amines is 1. The van der Waals surface area contributed by atoms with Crippen molar-refractivity contribution in [3.8, 4) is 0 Å². The Bertz CT molecular complexity index is 687. The van der Waals surface area contributed by atoms with Crippen molar-refractivity contribution in [2.45, 2.75) is 52.5 Å². The van der Waals surface area contributed by atoms with E-state index in [9.17, 15) is 4.79 Å². The van der Waals surface area contributed by atoms with E-state index in [1.807, 2.05) is 4.57 Å². The van der Waals surface area contributed by atoms with E-state index in [4.69, 9.17) is 0 Å². The molecule has 124 valence electrons. The molecule has 1 atom stereocenters. The van der Waals surface area contributed by atoms with Gasteiger partial charge >= 0.3 is 0 Å². The molecule has 2 aromatic rings.